The van der Waals surface area contributed by atoms with Gasteiger partial charge in [0.15, 0.2) is 0 Å². The third kappa shape index (κ3) is 8.59. The van der Waals surface area contributed by atoms with Crippen LogP contribution in [0.4, 0.5) is 20.2 Å². The lowest BCUT2D eigenvalue weighted by Gasteiger charge is -2.17. The van der Waals surface area contributed by atoms with Gasteiger partial charge in [-0.25, -0.2) is 8.78 Å². The Morgan fingerprint density at radius 1 is 0.547 bits per heavy atom. The van der Waals surface area contributed by atoms with Gasteiger partial charge in [0.05, 0.1) is 81.5 Å². The van der Waals surface area contributed by atoms with E-state index < -0.39 is 23.6 Å². The van der Waals surface area contributed by atoms with Crippen molar-refractivity contribution in [2.75, 3.05) is 42.8 Å². The largest absolute Gasteiger partial charge is 0.493 e. The normalized spacial score (nSPS) is 12.8. The maximum Gasteiger partial charge on any atom is 0.310 e. The fraction of sp³-hybridized carbons (Fsp3) is 0.280. The van der Waals surface area contributed by atoms with Gasteiger partial charge in [-0.1, -0.05) is 60.7 Å². The molecule has 0 atom stereocenters. The van der Waals surface area contributed by atoms with Crippen LogP contribution in [0.3, 0.4) is 0 Å². The van der Waals surface area contributed by atoms with Crippen LogP contribution in [0.25, 0.3) is 21.5 Å². The van der Waals surface area contributed by atoms with Gasteiger partial charge in [0.25, 0.3) is 11.8 Å². The lowest BCUT2D eigenvalue weighted by Crippen LogP contribution is -2.24. The summed E-state index contributed by atoms with van der Waals surface area (Å²) in [5.41, 5.74) is 3.14. The fourth-order valence-electron chi connectivity index (χ4n) is 8.25. The predicted octanol–water partition coefficient (Wildman–Crippen LogP) is 9.61. The first-order valence-corrected chi connectivity index (χ1v) is 21.2. The molecule has 6 aromatic carbocycles. The molecule has 332 valence electrons. The number of anilines is 2. The second-order valence-electron chi connectivity index (χ2n) is 14.8. The van der Waals surface area contributed by atoms with Gasteiger partial charge in [-0.2, -0.15) is 0 Å². The fourth-order valence-corrected chi connectivity index (χ4v) is 8.25. The number of benzene rings is 6. The molecule has 0 aliphatic carbocycles. The average Bonchev–Trinajstić information content (AvgIpc) is 3.79. The molecular weight excluding hydrogens is 827 g/mol. The van der Waals surface area contributed by atoms with E-state index in [1.807, 2.05) is 76.2 Å². The summed E-state index contributed by atoms with van der Waals surface area (Å²) >= 11 is 0. The number of rotatable bonds is 15. The molecular formula is C50H48F2N2O10. The zero-order chi connectivity index (χ0) is 45.7. The summed E-state index contributed by atoms with van der Waals surface area (Å²) in [4.78, 5) is 52.4. The Morgan fingerprint density at radius 3 is 1.28 bits per heavy atom. The van der Waals surface area contributed by atoms with Crippen LogP contribution in [0.5, 0.6) is 23.0 Å². The van der Waals surface area contributed by atoms with Crippen LogP contribution in [0.2, 0.25) is 0 Å². The van der Waals surface area contributed by atoms with E-state index in [4.69, 9.17) is 28.8 Å². The molecule has 1 N–H and O–H groups in total. The summed E-state index contributed by atoms with van der Waals surface area (Å²) in [5, 5.41) is 12.2. The van der Waals surface area contributed by atoms with E-state index in [2.05, 4.69) is 0 Å². The molecule has 2 heterocycles. The van der Waals surface area contributed by atoms with Gasteiger partial charge in [0, 0.05) is 32.7 Å². The minimum atomic E-state index is -1.05. The first-order chi connectivity index (χ1) is 30.9. The molecule has 14 heteroatoms. The first kappa shape index (κ1) is 44.8. The Balaban J connectivity index is 0.000000192. The number of nitrogens with zero attached hydrogens (tertiary/aromatic N) is 2. The summed E-state index contributed by atoms with van der Waals surface area (Å²) in [7, 11) is 0. The molecule has 0 fully saturated rings. The number of halogens is 2. The Labute approximate surface area is 368 Å². The highest BCUT2D eigenvalue weighted by Gasteiger charge is 2.39. The lowest BCUT2D eigenvalue weighted by atomic mass is 9.99. The van der Waals surface area contributed by atoms with Gasteiger partial charge in [0.1, 0.15) is 34.6 Å². The second kappa shape index (κ2) is 19.4. The van der Waals surface area contributed by atoms with Crippen molar-refractivity contribution in [3.63, 3.8) is 0 Å². The maximum atomic E-state index is 15.1. The molecule has 8 rings (SSSR count). The molecule has 0 aromatic heterocycles. The molecule has 64 heavy (non-hydrogen) atoms. The minimum Gasteiger partial charge on any atom is -0.493 e. The van der Waals surface area contributed by atoms with Crippen LogP contribution in [0, 0.1) is 11.6 Å². The van der Waals surface area contributed by atoms with Crippen LogP contribution >= 0.6 is 0 Å². The summed E-state index contributed by atoms with van der Waals surface area (Å²) < 4.78 is 58.6. The monoisotopic (exact) mass is 874 g/mol. The van der Waals surface area contributed by atoms with Gasteiger partial charge < -0.3 is 38.6 Å². The molecule has 2 amide bonds. The van der Waals surface area contributed by atoms with Gasteiger partial charge in [0.2, 0.25) is 0 Å². The van der Waals surface area contributed by atoms with Gasteiger partial charge in [-0.15, -0.1) is 0 Å². The van der Waals surface area contributed by atoms with Crippen LogP contribution in [0.15, 0.2) is 84.9 Å². The smallest absolute Gasteiger partial charge is 0.310 e. The molecule has 0 radical (unpaired) electrons. The molecule has 0 spiro atoms. The highest BCUT2D eigenvalue weighted by atomic mass is 19.1. The first-order valence-electron chi connectivity index (χ1n) is 21.2. The van der Waals surface area contributed by atoms with Gasteiger partial charge in [-0.3, -0.25) is 19.2 Å². The van der Waals surface area contributed by atoms with Crippen LogP contribution < -0.4 is 28.7 Å². The van der Waals surface area contributed by atoms with E-state index in [0.717, 1.165) is 27.6 Å². The molecule has 2 aliphatic rings. The van der Waals surface area contributed by atoms with Crippen molar-refractivity contribution in [2.24, 2.45) is 0 Å². The van der Waals surface area contributed by atoms with Crippen molar-refractivity contribution in [3.05, 3.63) is 130 Å². The molecule has 0 saturated heterocycles. The highest BCUT2D eigenvalue weighted by Crippen LogP contribution is 2.48. The van der Waals surface area contributed by atoms with E-state index in [-0.39, 0.29) is 55.7 Å². The number of hydrogen-bond donors (Lipinski definition) is 1. The number of amides is 2. The van der Waals surface area contributed by atoms with Gasteiger partial charge >= 0.3 is 11.9 Å². The van der Waals surface area contributed by atoms with Crippen molar-refractivity contribution in [1.82, 2.24) is 0 Å². The number of carboxylic acid groups (broad SMARTS) is 1. The maximum absolute atomic E-state index is 15.1. The molecule has 0 saturated carbocycles. The van der Waals surface area contributed by atoms with Crippen LogP contribution in [-0.4, -0.2) is 61.9 Å². The van der Waals surface area contributed by atoms with Crippen molar-refractivity contribution >= 4 is 56.7 Å². The second-order valence-corrected chi connectivity index (χ2v) is 14.8. The topological polar surface area (TPSA) is 141 Å². The zero-order valence-corrected chi connectivity index (χ0v) is 36.2. The SMILES string of the molecule is CCOC(=O)Cc1ccc(N2Cc3c(c(OCC)c4ccccc4c3OCC)C2=O)c(F)c1.CCOc1c2c(c(OCC)c3ccccc13)C(=O)N(c1ccc(CC(=O)O)cc1F)C2. The van der Waals surface area contributed by atoms with E-state index in [0.29, 0.717) is 82.8 Å². The number of ether oxygens (including phenoxy) is 5. The quantitative estimate of drug-likeness (QED) is 0.0992. The molecule has 12 nitrogen and oxygen atoms in total. The Kier molecular flexibility index (Phi) is 13.6. The Bertz CT molecular complexity index is 2790. The van der Waals surface area contributed by atoms with Crippen molar-refractivity contribution in [3.8, 4) is 23.0 Å². The minimum absolute atomic E-state index is 0.0341. The number of fused-ring (bicyclic) bond motifs is 4. The third-order valence-corrected chi connectivity index (χ3v) is 10.8. The number of carboxylic acids is 1. The number of hydrogen-bond acceptors (Lipinski definition) is 9. The van der Waals surface area contributed by atoms with Crippen molar-refractivity contribution in [2.45, 2.75) is 60.5 Å². The average molecular weight is 875 g/mol. The number of carbonyl (C=O) groups excluding carboxylic acids is 3. The Hall–Kier alpha value is -7.22. The summed E-state index contributed by atoms with van der Waals surface area (Å²) in [6, 6.07) is 23.7. The number of carbonyl (C=O) groups is 4. The van der Waals surface area contributed by atoms with E-state index in [1.54, 1.807) is 13.0 Å². The molecule has 0 unspecified atom stereocenters. The highest BCUT2D eigenvalue weighted by molar-refractivity contribution is 6.18. The predicted molar refractivity (Wildman–Crippen MR) is 238 cm³/mol. The van der Waals surface area contributed by atoms with Crippen LogP contribution in [0.1, 0.15) is 77.6 Å². The van der Waals surface area contributed by atoms with Gasteiger partial charge in [-0.05, 0) is 70.0 Å². The zero-order valence-electron chi connectivity index (χ0n) is 36.2. The van der Waals surface area contributed by atoms with E-state index >= 15 is 4.39 Å². The summed E-state index contributed by atoms with van der Waals surface area (Å²) in [5.74, 6) is -1.29. The third-order valence-electron chi connectivity index (χ3n) is 10.8. The standard InChI is InChI=1S/C26H26FNO5.C24H22FNO5/c1-4-31-22(29)14-16-11-12-21(20(27)13-16)28-15-19-23(26(28)30)25(33-6-3)18-10-8-7-9-17(18)24(19)32-5-2;1-3-30-22-15-7-5-6-8-16(15)23(31-4-2)21-17(22)13-26(24(21)29)19-10-9-14(11-18(19)25)12-20(27)28/h7-13H,4-6,14-15H2,1-3H3;5-11H,3-4,12-13H2,1-2H3,(H,27,28). The summed E-state index contributed by atoms with van der Waals surface area (Å²) in [6.07, 6.45) is -0.326. The van der Waals surface area contributed by atoms with E-state index in [9.17, 15) is 23.6 Å². The van der Waals surface area contributed by atoms with Crippen molar-refractivity contribution < 1.29 is 56.7 Å². The summed E-state index contributed by atoms with van der Waals surface area (Å²) in [6.45, 7) is 11.3. The molecule has 0 bridgehead atoms. The number of aliphatic carboxylic acids is 1. The van der Waals surface area contributed by atoms with E-state index in [1.165, 1.54) is 34.1 Å². The van der Waals surface area contributed by atoms with Crippen LogP contribution in [-0.2, 0) is 40.3 Å². The molecule has 2 aliphatic heterocycles. The lowest BCUT2D eigenvalue weighted by molar-refractivity contribution is -0.142. The molecule has 6 aromatic rings. The van der Waals surface area contributed by atoms with Crippen molar-refractivity contribution in [1.29, 1.82) is 0 Å². The number of esters is 1. The Morgan fingerprint density at radius 2 is 0.922 bits per heavy atom.